The summed E-state index contributed by atoms with van der Waals surface area (Å²) in [5.74, 6) is 1.61. The molecule has 1 amide bonds. The predicted octanol–water partition coefficient (Wildman–Crippen LogP) is 0.773. The lowest BCUT2D eigenvalue weighted by atomic mass is 10.3. The van der Waals surface area contributed by atoms with Crippen molar-refractivity contribution in [3.8, 4) is 0 Å². The van der Waals surface area contributed by atoms with Crippen LogP contribution in [0.1, 0.15) is 29.2 Å². The topological polar surface area (TPSA) is 52.6 Å². The highest BCUT2D eigenvalue weighted by Crippen LogP contribution is 2.17. The number of rotatable bonds is 2. The van der Waals surface area contributed by atoms with E-state index in [1.807, 2.05) is 17.9 Å². The van der Waals surface area contributed by atoms with Crippen molar-refractivity contribution in [2.75, 3.05) is 51.2 Å². The Kier molecular flexibility index (Phi) is 4.05. The van der Waals surface area contributed by atoms with Gasteiger partial charge in [-0.1, -0.05) is 0 Å². The third-order valence-corrected chi connectivity index (χ3v) is 4.26. The van der Waals surface area contributed by atoms with Crippen LogP contribution in [0, 0.1) is 6.92 Å². The van der Waals surface area contributed by atoms with Gasteiger partial charge in [-0.25, -0.2) is 9.97 Å². The maximum Gasteiger partial charge on any atom is 0.272 e. The summed E-state index contributed by atoms with van der Waals surface area (Å²) in [5.41, 5.74) is 0.540. The second-order valence-corrected chi connectivity index (χ2v) is 5.95. The zero-order valence-electron chi connectivity index (χ0n) is 12.9. The molecular formula is C15H23N5O. The molecule has 3 heterocycles. The first-order chi connectivity index (χ1) is 10.1. The molecule has 6 heteroatoms. The molecule has 6 nitrogen and oxygen atoms in total. The van der Waals surface area contributed by atoms with Crippen LogP contribution in [0.5, 0.6) is 0 Å². The first kappa shape index (κ1) is 14.3. The van der Waals surface area contributed by atoms with Crippen molar-refractivity contribution in [2.45, 2.75) is 19.8 Å². The maximum atomic E-state index is 12.5. The minimum Gasteiger partial charge on any atom is -0.354 e. The van der Waals surface area contributed by atoms with Crippen LogP contribution in [0.15, 0.2) is 6.07 Å². The molecule has 0 bridgehead atoms. The molecule has 2 fully saturated rings. The van der Waals surface area contributed by atoms with Gasteiger partial charge in [-0.2, -0.15) is 0 Å². The Morgan fingerprint density at radius 1 is 1.05 bits per heavy atom. The van der Waals surface area contributed by atoms with Gasteiger partial charge < -0.3 is 14.7 Å². The molecule has 2 aliphatic rings. The van der Waals surface area contributed by atoms with Crippen LogP contribution in [0.25, 0.3) is 0 Å². The minimum absolute atomic E-state index is 0.0494. The van der Waals surface area contributed by atoms with Gasteiger partial charge in [0.2, 0.25) is 0 Å². The number of piperazine rings is 1. The van der Waals surface area contributed by atoms with E-state index in [0.29, 0.717) is 11.5 Å². The van der Waals surface area contributed by atoms with Gasteiger partial charge in [-0.3, -0.25) is 4.79 Å². The molecule has 114 valence electrons. The fourth-order valence-electron chi connectivity index (χ4n) is 2.94. The number of amides is 1. The molecule has 2 aliphatic heterocycles. The van der Waals surface area contributed by atoms with E-state index in [1.54, 1.807) is 0 Å². The SMILES string of the molecule is Cc1nc(C(=O)N2CCCC2)cc(N2CCN(C)CC2)n1. The number of nitrogens with zero attached hydrogens (tertiary/aromatic N) is 5. The van der Waals surface area contributed by atoms with Gasteiger partial charge in [0.15, 0.2) is 0 Å². The fraction of sp³-hybridized carbons (Fsp3) is 0.667. The molecule has 0 aliphatic carbocycles. The molecule has 1 aromatic rings. The molecule has 0 N–H and O–H groups in total. The van der Waals surface area contributed by atoms with E-state index in [-0.39, 0.29) is 5.91 Å². The number of likely N-dealkylation sites (N-methyl/N-ethyl adjacent to an activating group) is 1. The molecule has 3 rings (SSSR count). The standard InChI is InChI=1S/C15H23N5O/c1-12-16-13(15(21)20-5-3-4-6-20)11-14(17-12)19-9-7-18(2)8-10-19/h11H,3-10H2,1-2H3. The van der Waals surface area contributed by atoms with Gasteiger partial charge in [0.25, 0.3) is 5.91 Å². The molecule has 0 saturated carbocycles. The number of aromatic nitrogens is 2. The molecule has 2 saturated heterocycles. The van der Waals surface area contributed by atoms with Crippen molar-refractivity contribution < 1.29 is 4.79 Å². The van der Waals surface area contributed by atoms with E-state index in [2.05, 4.69) is 26.8 Å². The predicted molar refractivity (Wildman–Crippen MR) is 81.6 cm³/mol. The second kappa shape index (κ2) is 5.97. The average molecular weight is 289 g/mol. The van der Waals surface area contributed by atoms with Crippen LogP contribution in [-0.2, 0) is 0 Å². The summed E-state index contributed by atoms with van der Waals surface area (Å²) >= 11 is 0. The lowest BCUT2D eigenvalue weighted by molar-refractivity contribution is 0.0786. The summed E-state index contributed by atoms with van der Waals surface area (Å²) < 4.78 is 0. The number of carbonyl (C=O) groups is 1. The first-order valence-corrected chi connectivity index (χ1v) is 7.72. The Bertz CT molecular complexity index is 519. The van der Waals surface area contributed by atoms with Crippen LogP contribution in [0.2, 0.25) is 0 Å². The van der Waals surface area contributed by atoms with Crippen molar-refractivity contribution in [2.24, 2.45) is 0 Å². The molecule has 0 unspecified atom stereocenters. The van der Waals surface area contributed by atoms with E-state index in [9.17, 15) is 4.79 Å². The minimum atomic E-state index is 0.0494. The lowest BCUT2D eigenvalue weighted by Crippen LogP contribution is -2.45. The highest BCUT2D eigenvalue weighted by molar-refractivity contribution is 5.93. The second-order valence-electron chi connectivity index (χ2n) is 5.95. The van der Waals surface area contributed by atoms with Crippen molar-refractivity contribution in [3.63, 3.8) is 0 Å². The van der Waals surface area contributed by atoms with Gasteiger partial charge >= 0.3 is 0 Å². The molecule has 0 atom stereocenters. The Hall–Kier alpha value is -1.69. The third-order valence-electron chi connectivity index (χ3n) is 4.26. The van der Waals surface area contributed by atoms with Crippen molar-refractivity contribution in [1.82, 2.24) is 19.8 Å². The average Bonchev–Trinajstić information content (AvgIpc) is 3.00. The normalized spacial score (nSPS) is 20.1. The summed E-state index contributed by atoms with van der Waals surface area (Å²) in [7, 11) is 2.13. The van der Waals surface area contributed by atoms with Gasteiger partial charge in [-0.05, 0) is 26.8 Å². The molecule has 0 spiro atoms. The van der Waals surface area contributed by atoms with Crippen molar-refractivity contribution in [1.29, 1.82) is 0 Å². The zero-order chi connectivity index (χ0) is 14.8. The number of hydrogen-bond acceptors (Lipinski definition) is 5. The van der Waals surface area contributed by atoms with Crippen LogP contribution in [0.4, 0.5) is 5.82 Å². The van der Waals surface area contributed by atoms with Crippen molar-refractivity contribution >= 4 is 11.7 Å². The monoisotopic (exact) mass is 289 g/mol. The maximum absolute atomic E-state index is 12.5. The summed E-state index contributed by atoms with van der Waals surface area (Å²) in [5, 5.41) is 0. The van der Waals surface area contributed by atoms with E-state index >= 15 is 0 Å². The number of carbonyl (C=O) groups excluding carboxylic acids is 1. The molecule has 21 heavy (non-hydrogen) atoms. The van der Waals surface area contributed by atoms with E-state index < -0.39 is 0 Å². The highest BCUT2D eigenvalue weighted by atomic mass is 16.2. The molecular weight excluding hydrogens is 266 g/mol. The van der Waals surface area contributed by atoms with E-state index in [4.69, 9.17) is 0 Å². The van der Waals surface area contributed by atoms with Gasteiger partial charge in [-0.15, -0.1) is 0 Å². The Balaban J connectivity index is 1.80. The number of anilines is 1. The first-order valence-electron chi connectivity index (χ1n) is 7.72. The lowest BCUT2D eigenvalue weighted by Gasteiger charge is -2.33. The summed E-state index contributed by atoms with van der Waals surface area (Å²) in [6.07, 6.45) is 2.20. The largest absolute Gasteiger partial charge is 0.354 e. The van der Waals surface area contributed by atoms with Crippen LogP contribution < -0.4 is 4.90 Å². The summed E-state index contributed by atoms with van der Waals surface area (Å²) in [6.45, 7) is 7.52. The molecule has 0 radical (unpaired) electrons. The van der Waals surface area contributed by atoms with Crippen LogP contribution in [0.3, 0.4) is 0 Å². The number of aryl methyl sites for hydroxylation is 1. The fourth-order valence-corrected chi connectivity index (χ4v) is 2.94. The van der Waals surface area contributed by atoms with Gasteiger partial charge in [0, 0.05) is 45.3 Å². The molecule has 1 aromatic heterocycles. The van der Waals surface area contributed by atoms with Crippen molar-refractivity contribution in [3.05, 3.63) is 17.6 Å². The number of hydrogen-bond donors (Lipinski definition) is 0. The van der Waals surface area contributed by atoms with Crippen LogP contribution in [-0.4, -0.2) is 72.0 Å². The summed E-state index contributed by atoms with van der Waals surface area (Å²) in [4.78, 5) is 27.8. The van der Waals surface area contributed by atoms with Gasteiger partial charge in [0.1, 0.15) is 17.3 Å². The molecule has 0 aromatic carbocycles. The zero-order valence-corrected chi connectivity index (χ0v) is 12.9. The van der Waals surface area contributed by atoms with E-state index in [0.717, 1.165) is 57.9 Å². The van der Waals surface area contributed by atoms with Gasteiger partial charge in [0.05, 0.1) is 0 Å². The Morgan fingerprint density at radius 3 is 2.38 bits per heavy atom. The third kappa shape index (κ3) is 3.15. The van der Waals surface area contributed by atoms with Crippen LogP contribution >= 0.6 is 0 Å². The quantitative estimate of drug-likeness (QED) is 0.805. The van der Waals surface area contributed by atoms with E-state index in [1.165, 1.54) is 0 Å². The Labute approximate surface area is 125 Å². The smallest absolute Gasteiger partial charge is 0.272 e. The Morgan fingerprint density at radius 2 is 1.71 bits per heavy atom. The number of likely N-dealkylation sites (tertiary alicyclic amines) is 1. The summed E-state index contributed by atoms with van der Waals surface area (Å²) in [6, 6.07) is 1.86. The highest BCUT2D eigenvalue weighted by Gasteiger charge is 2.23.